The van der Waals surface area contributed by atoms with Gasteiger partial charge in [-0.2, -0.15) is 5.10 Å². The van der Waals surface area contributed by atoms with Crippen LogP contribution in [-0.4, -0.2) is 15.7 Å². The molecule has 0 spiro atoms. The van der Waals surface area contributed by atoms with Crippen molar-refractivity contribution in [2.75, 3.05) is 0 Å². The number of aryl methyl sites for hydroxylation is 1. The molecule has 1 heterocycles. The molecule has 94 valence electrons. The summed E-state index contributed by atoms with van der Waals surface area (Å²) in [6.45, 7) is 1.74. The summed E-state index contributed by atoms with van der Waals surface area (Å²) in [6, 6.07) is 6.00. The predicted octanol–water partition coefficient (Wildman–Crippen LogP) is 2.05. The Bertz CT molecular complexity index is 565. The summed E-state index contributed by atoms with van der Waals surface area (Å²) in [6.07, 6.45) is 3.09. The molecule has 1 aromatic carbocycles. The largest absolute Gasteiger partial charge is 0.345 e. The second kappa shape index (κ2) is 5.00. The maximum absolute atomic E-state index is 13.5. The molecule has 0 aliphatic carbocycles. The molecule has 18 heavy (non-hydrogen) atoms. The van der Waals surface area contributed by atoms with E-state index in [2.05, 4.69) is 10.4 Å². The van der Waals surface area contributed by atoms with Gasteiger partial charge in [-0.05, 0) is 13.0 Å². The Morgan fingerprint density at radius 1 is 1.44 bits per heavy atom. The topological polar surface area (TPSA) is 46.9 Å². The van der Waals surface area contributed by atoms with Gasteiger partial charge in [0.15, 0.2) is 0 Å². The van der Waals surface area contributed by atoms with Gasteiger partial charge in [0.05, 0.1) is 17.8 Å². The van der Waals surface area contributed by atoms with E-state index >= 15 is 0 Å². The Morgan fingerprint density at radius 3 is 2.78 bits per heavy atom. The minimum Gasteiger partial charge on any atom is -0.345 e. The lowest BCUT2D eigenvalue weighted by Gasteiger charge is -2.14. The molecule has 0 radical (unpaired) electrons. The maximum Gasteiger partial charge on any atom is 0.254 e. The summed E-state index contributed by atoms with van der Waals surface area (Å²) in [7, 11) is 1.73. The highest BCUT2D eigenvalue weighted by Crippen LogP contribution is 2.16. The molecule has 4 nitrogen and oxygen atoms in total. The highest BCUT2D eigenvalue weighted by molar-refractivity contribution is 5.93. The smallest absolute Gasteiger partial charge is 0.254 e. The number of aromatic nitrogens is 2. The second-order valence-electron chi connectivity index (χ2n) is 4.12. The van der Waals surface area contributed by atoms with Gasteiger partial charge in [0.2, 0.25) is 0 Å². The molecule has 0 aliphatic rings. The summed E-state index contributed by atoms with van der Waals surface area (Å²) in [5.41, 5.74) is 0.926. The fraction of sp³-hybridized carbons (Fsp3) is 0.231. The van der Waals surface area contributed by atoms with E-state index in [9.17, 15) is 9.18 Å². The monoisotopic (exact) mass is 247 g/mol. The Hall–Kier alpha value is -2.17. The van der Waals surface area contributed by atoms with Crippen LogP contribution in [0.3, 0.4) is 0 Å². The van der Waals surface area contributed by atoms with Gasteiger partial charge in [-0.15, -0.1) is 0 Å². The Morgan fingerprint density at radius 2 is 2.17 bits per heavy atom. The Labute approximate surface area is 104 Å². The molecule has 0 saturated carbocycles. The van der Waals surface area contributed by atoms with E-state index in [4.69, 9.17) is 0 Å². The summed E-state index contributed by atoms with van der Waals surface area (Å²) in [5, 5.41) is 6.65. The van der Waals surface area contributed by atoms with E-state index in [1.165, 1.54) is 12.3 Å². The summed E-state index contributed by atoms with van der Waals surface area (Å²) < 4.78 is 15.1. The molecule has 0 aliphatic heterocycles. The third-order valence-corrected chi connectivity index (χ3v) is 2.69. The minimum atomic E-state index is -0.390. The van der Waals surface area contributed by atoms with Crippen molar-refractivity contribution in [3.8, 4) is 0 Å². The zero-order chi connectivity index (χ0) is 13.1. The average Bonchev–Trinajstić information content (AvgIpc) is 2.76. The van der Waals surface area contributed by atoms with Gasteiger partial charge in [0.1, 0.15) is 5.82 Å². The van der Waals surface area contributed by atoms with Crippen LogP contribution >= 0.6 is 0 Å². The number of benzene rings is 1. The van der Waals surface area contributed by atoms with Crippen LogP contribution in [0, 0.1) is 5.82 Å². The molecule has 1 aromatic heterocycles. The number of hydrogen-bond acceptors (Lipinski definition) is 2. The van der Waals surface area contributed by atoms with Crippen molar-refractivity contribution in [2.24, 2.45) is 7.05 Å². The van der Waals surface area contributed by atoms with Gasteiger partial charge in [-0.3, -0.25) is 9.48 Å². The number of halogens is 1. The first-order valence-corrected chi connectivity index (χ1v) is 5.62. The molecule has 1 N–H and O–H groups in total. The lowest BCUT2D eigenvalue weighted by molar-refractivity contribution is 0.0939. The number of carbonyl (C=O) groups excluding carboxylic acids is 1. The van der Waals surface area contributed by atoms with Gasteiger partial charge in [-0.1, -0.05) is 18.2 Å². The standard InChI is InChI=1S/C13H14FN3O/c1-9(11-5-3-4-6-12(11)14)16-13(18)10-7-15-17(2)8-10/h3-9H,1-2H3,(H,16,18). The van der Waals surface area contributed by atoms with Crippen molar-refractivity contribution >= 4 is 5.91 Å². The van der Waals surface area contributed by atoms with Gasteiger partial charge < -0.3 is 5.32 Å². The first-order chi connectivity index (χ1) is 8.58. The molecular formula is C13H14FN3O. The lowest BCUT2D eigenvalue weighted by atomic mass is 10.1. The van der Waals surface area contributed by atoms with Crippen LogP contribution in [0.1, 0.15) is 28.9 Å². The zero-order valence-electron chi connectivity index (χ0n) is 10.2. The van der Waals surface area contributed by atoms with E-state index in [1.54, 1.807) is 43.0 Å². The van der Waals surface area contributed by atoms with E-state index in [1.807, 2.05) is 0 Å². The molecule has 0 bridgehead atoms. The zero-order valence-corrected chi connectivity index (χ0v) is 10.2. The third kappa shape index (κ3) is 2.56. The molecule has 5 heteroatoms. The highest BCUT2D eigenvalue weighted by Gasteiger charge is 2.15. The predicted molar refractivity (Wildman–Crippen MR) is 65.5 cm³/mol. The number of nitrogens with one attached hydrogen (secondary N) is 1. The van der Waals surface area contributed by atoms with Gasteiger partial charge in [0.25, 0.3) is 5.91 Å². The number of carbonyl (C=O) groups is 1. The van der Waals surface area contributed by atoms with Crippen molar-refractivity contribution in [2.45, 2.75) is 13.0 Å². The summed E-state index contributed by atoms with van der Waals surface area (Å²) in [4.78, 5) is 11.9. The van der Waals surface area contributed by atoms with Crippen LogP contribution in [0.2, 0.25) is 0 Å². The first kappa shape index (κ1) is 12.3. The molecule has 1 unspecified atom stereocenters. The number of nitrogens with zero attached hydrogens (tertiary/aromatic N) is 2. The van der Waals surface area contributed by atoms with Crippen molar-refractivity contribution in [1.29, 1.82) is 0 Å². The summed E-state index contributed by atoms with van der Waals surface area (Å²) >= 11 is 0. The fourth-order valence-corrected chi connectivity index (χ4v) is 1.72. The van der Waals surface area contributed by atoms with E-state index in [0.29, 0.717) is 11.1 Å². The normalized spacial score (nSPS) is 12.2. The Balaban J connectivity index is 2.10. The molecule has 0 fully saturated rings. The van der Waals surface area contributed by atoms with Crippen molar-refractivity contribution in [1.82, 2.24) is 15.1 Å². The van der Waals surface area contributed by atoms with Crippen LogP contribution < -0.4 is 5.32 Å². The summed E-state index contributed by atoms with van der Waals surface area (Å²) in [5.74, 6) is -0.588. The maximum atomic E-state index is 13.5. The van der Waals surface area contributed by atoms with Crippen molar-refractivity contribution in [3.05, 3.63) is 53.6 Å². The Kier molecular flexibility index (Phi) is 3.41. The molecule has 2 aromatic rings. The molecule has 1 atom stereocenters. The van der Waals surface area contributed by atoms with Crippen LogP contribution in [0.25, 0.3) is 0 Å². The first-order valence-electron chi connectivity index (χ1n) is 5.62. The van der Waals surface area contributed by atoms with Crippen molar-refractivity contribution in [3.63, 3.8) is 0 Å². The lowest BCUT2D eigenvalue weighted by Crippen LogP contribution is -2.26. The van der Waals surface area contributed by atoms with Gasteiger partial charge in [0, 0.05) is 18.8 Å². The van der Waals surface area contributed by atoms with Crippen molar-refractivity contribution < 1.29 is 9.18 Å². The average molecular weight is 247 g/mol. The SMILES string of the molecule is CC(NC(=O)c1cnn(C)c1)c1ccccc1F. The van der Waals surface area contributed by atoms with Crippen LogP contribution in [-0.2, 0) is 7.05 Å². The fourth-order valence-electron chi connectivity index (χ4n) is 1.72. The molecular weight excluding hydrogens is 233 g/mol. The van der Waals surface area contributed by atoms with Gasteiger partial charge in [-0.25, -0.2) is 4.39 Å². The minimum absolute atomic E-state index is 0.265. The van der Waals surface area contributed by atoms with E-state index in [0.717, 1.165) is 0 Å². The van der Waals surface area contributed by atoms with Crippen LogP contribution in [0.5, 0.6) is 0 Å². The highest BCUT2D eigenvalue weighted by atomic mass is 19.1. The van der Waals surface area contributed by atoms with Crippen LogP contribution in [0.15, 0.2) is 36.7 Å². The number of hydrogen-bond donors (Lipinski definition) is 1. The molecule has 2 rings (SSSR count). The number of rotatable bonds is 3. The van der Waals surface area contributed by atoms with Crippen LogP contribution in [0.4, 0.5) is 4.39 Å². The quantitative estimate of drug-likeness (QED) is 0.902. The third-order valence-electron chi connectivity index (χ3n) is 2.69. The molecule has 0 saturated heterocycles. The number of amides is 1. The van der Waals surface area contributed by atoms with E-state index in [-0.39, 0.29) is 17.8 Å². The van der Waals surface area contributed by atoms with Gasteiger partial charge >= 0.3 is 0 Å². The second-order valence-corrected chi connectivity index (χ2v) is 4.12. The molecule has 1 amide bonds. The van der Waals surface area contributed by atoms with E-state index < -0.39 is 0 Å².